The van der Waals surface area contributed by atoms with Crippen LogP contribution < -0.4 is 4.80 Å². The van der Waals surface area contributed by atoms with Gasteiger partial charge >= 0.3 is 0 Å². The van der Waals surface area contributed by atoms with Gasteiger partial charge in [0, 0.05) is 22.4 Å². The summed E-state index contributed by atoms with van der Waals surface area (Å²) in [5, 5.41) is 26.8. The second kappa shape index (κ2) is 8.61. The van der Waals surface area contributed by atoms with Gasteiger partial charge in [-0.05, 0) is 44.7 Å². The molecule has 1 aromatic heterocycles. The van der Waals surface area contributed by atoms with Gasteiger partial charge in [0.15, 0.2) is 0 Å². The Kier molecular flexibility index (Phi) is 6.42. The van der Waals surface area contributed by atoms with E-state index in [4.69, 9.17) is 4.99 Å². The van der Waals surface area contributed by atoms with E-state index in [1.165, 1.54) is 50.6 Å². The van der Waals surface area contributed by atoms with Crippen molar-refractivity contribution in [1.82, 2.24) is 4.68 Å². The van der Waals surface area contributed by atoms with Gasteiger partial charge in [-0.3, -0.25) is 4.99 Å². The molecule has 0 radical (unpaired) electrons. The topological polar surface area (TPSA) is 70.1 Å². The second-order valence-corrected chi connectivity index (χ2v) is 8.18. The van der Waals surface area contributed by atoms with Crippen LogP contribution in [0.1, 0.15) is 67.7 Å². The van der Waals surface area contributed by atoms with Crippen molar-refractivity contribution in [1.29, 1.82) is 0 Å². The van der Waals surface area contributed by atoms with E-state index in [2.05, 4.69) is 10.5 Å². The third-order valence-electron chi connectivity index (χ3n) is 5.32. The first-order valence-corrected chi connectivity index (χ1v) is 10.3. The van der Waals surface area contributed by atoms with E-state index >= 15 is 0 Å². The molecular formula is C20H26BrN3O2S. The zero-order valence-corrected chi connectivity index (χ0v) is 18.0. The van der Waals surface area contributed by atoms with Gasteiger partial charge in [0.05, 0.1) is 18.0 Å². The summed E-state index contributed by atoms with van der Waals surface area (Å²) in [4.78, 5) is 5.93. The van der Waals surface area contributed by atoms with Crippen LogP contribution in [0.4, 0.5) is 0 Å². The van der Waals surface area contributed by atoms with Gasteiger partial charge in [-0.1, -0.05) is 19.3 Å². The Morgan fingerprint density at radius 3 is 2.56 bits per heavy atom. The van der Waals surface area contributed by atoms with Crippen molar-refractivity contribution in [2.45, 2.75) is 63.8 Å². The summed E-state index contributed by atoms with van der Waals surface area (Å²) in [5.41, 5.74) is 2.29. The highest BCUT2D eigenvalue weighted by atomic mass is 79.9. The molecule has 1 heterocycles. The zero-order chi connectivity index (χ0) is 18.1. The first-order chi connectivity index (χ1) is 12.6. The van der Waals surface area contributed by atoms with Crippen LogP contribution in [0.25, 0.3) is 0 Å². The maximum atomic E-state index is 10.2. The summed E-state index contributed by atoms with van der Waals surface area (Å²) < 4.78 is 1.96. The third kappa shape index (κ3) is 4.46. The van der Waals surface area contributed by atoms with Crippen molar-refractivity contribution in [3.63, 3.8) is 0 Å². The summed E-state index contributed by atoms with van der Waals surface area (Å²) >= 11 is 1.66. The average molecular weight is 452 g/mol. The van der Waals surface area contributed by atoms with Crippen LogP contribution in [0.3, 0.4) is 0 Å². The highest BCUT2D eigenvalue weighted by Crippen LogP contribution is 2.40. The number of phenolic OH excluding ortho intramolecular Hbond substituents is 2. The molecule has 2 aliphatic rings. The number of hydrogen-bond donors (Lipinski definition) is 2. The Balaban J connectivity index is 0.00000210. The van der Waals surface area contributed by atoms with Crippen LogP contribution in [0.15, 0.2) is 27.6 Å². The first kappa shape index (κ1) is 20.1. The fraction of sp³-hybridized carbons (Fsp3) is 0.500. The minimum atomic E-state index is 0. The molecule has 7 heteroatoms. The van der Waals surface area contributed by atoms with Crippen LogP contribution in [0, 0.1) is 6.92 Å². The standard InChI is InChI=1S/C20H25N3O2S.BrH/c1-13-18(24)10-9-15(19(13)25)11-21-23-17(14-7-8-14)12-26-20(23)22-16-5-3-2-4-6-16;/h9-12,14,16,24-25H,2-8H2,1H3;1H/b21-11+,22-20?;. The summed E-state index contributed by atoms with van der Waals surface area (Å²) in [6.07, 6.45) is 10.3. The third-order valence-corrected chi connectivity index (χ3v) is 6.17. The number of rotatable bonds is 4. The largest absolute Gasteiger partial charge is 0.508 e. The molecule has 2 N–H and O–H groups in total. The number of aromatic nitrogens is 1. The molecule has 0 saturated heterocycles. The average Bonchev–Trinajstić information content (AvgIpc) is 3.42. The van der Waals surface area contributed by atoms with Gasteiger partial charge < -0.3 is 10.2 Å². The normalized spacial score (nSPS) is 18.8. The molecule has 0 unspecified atom stereocenters. The van der Waals surface area contributed by atoms with E-state index in [-0.39, 0.29) is 28.5 Å². The Labute approximate surface area is 173 Å². The van der Waals surface area contributed by atoms with Crippen LogP contribution >= 0.6 is 28.3 Å². The molecule has 0 spiro atoms. The van der Waals surface area contributed by atoms with Gasteiger partial charge in [-0.25, -0.2) is 4.68 Å². The highest BCUT2D eigenvalue weighted by molar-refractivity contribution is 8.93. The van der Waals surface area contributed by atoms with Crippen molar-refractivity contribution in [2.24, 2.45) is 10.1 Å². The van der Waals surface area contributed by atoms with E-state index in [1.807, 2.05) is 4.68 Å². The highest BCUT2D eigenvalue weighted by Gasteiger charge is 2.28. The van der Waals surface area contributed by atoms with E-state index < -0.39 is 0 Å². The summed E-state index contributed by atoms with van der Waals surface area (Å²) in [5.74, 6) is 0.742. The molecule has 0 atom stereocenters. The minimum Gasteiger partial charge on any atom is -0.508 e. The van der Waals surface area contributed by atoms with Crippen LogP contribution in [-0.4, -0.2) is 27.1 Å². The molecule has 146 valence electrons. The fourth-order valence-electron chi connectivity index (χ4n) is 3.47. The predicted molar refractivity (Wildman–Crippen MR) is 115 cm³/mol. The molecule has 1 aromatic carbocycles. The van der Waals surface area contributed by atoms with Crippen LogP contribution in [0.5, 0.6) is 11.5 Å². The van der Waals surface area contributed by atoms with Gasteiger partial charge in [0.2, 0.25) is 4.80 Å². The molecule has 2 saturated carbocycles. The maximum Gasteiger partial charge on any atom is 0.206 e. The van der Waals surface area contributed by atoms with E-state index in [1.54, 1.807) is 36.6 Å². The zero-order valence-electron chi connectivity index (χ0n) is 15.5. The number of phenols is 2. The van der Waals surface area contributed by atoms with Crippen LogP contribution in [0.2, 0.25) is 0 Å². The molecular weight excluding hydrogens is 426 g/mol. The molecule has 2 aromatic rings. The lowest BCUT2D eigenvalue weighted by Gasteiger charge is -2.16. The van der Waals surface area contributed by atoms with Crippen molar-refractivity contribution in [3.8, 4) is 11.5 Å². The molecule has 0 bridgehead atoms. The summed E-state index contributed by atoms with van der Waals surface area (Å²) in [6, 6.07) is 3.67. The molecule has 2 aliphatic carbocycles. The number of hydrogen-bond acceptors (Lipinski definition) is 5. The van der Waals surface area contributed by atoms with Crippen molar-refractivity contribution >= 4 is 34.5 Å². The summed E-state index contributed by atoms with van der Waals surface area (Å²) in [6.45, 7) is 1.69. The van der Waals surface area contributed by atoms with Gasteiger partial charge in [-0.2, -0.15) is 5.10 Å². The molecule has 2 fully saturated rings. The van der Waals surface area contributed by atoms with Crippen LogP contribution in [-0.2, 0) is 0 Å². The lowest BCUT2D eigenvalue weighted by atomic mass is 9.96. The minimum absolute atomic E-state index is 0. The lowest BCUT2D eigenvalue weighted by Crippen LogP contribution is -2.19. The van der Waals surface area contributed by atoms with Gasteiger partial charge in [0.25, 0.3) is 0 Å². The molecule has 0 amide bonds. The van der Waals surface area contributed by atoms with Crippen molar-refractivity contribution < 1.29 is 10.2 Å². The fourth-order valence-corrected chi connectivity index (χ4v) is 4.45. The number of thiazole rings is 1. The smallest absolute Gasteiger partial charge is 0.206 e. The first-order valence-electron chi connectivity index (χ1n) is 9.43. The Morgan fingerprint density at radius 1 is 1.11 bits per heavy atom. The van der Waals surface area contributed by atoms with E-state index in [0.29, 0.717) is 23.1 Å². The Hall–Kier alpha value is -1.60. The number of aromatic hydroxyl groups is 2. The SMILES string of the molecule is Br.Cc1c(O)ccc(/C=N/n2c(C3CC3)csc2=NC2CCCCC2)c1O. The monoisotopic (exact) mass is 451 g/mol. The van der Waals surface area contributed by atoms with Gasteiger partial charge in [-0.15, -0.1) is 28.3 Å². The molecule has 27 heavy (non-hydrogen) atoms. The Morgan fingerprint density at radius 2 is 1.85 bits per heavy atom. The Bertz CT molecular complexity index is 893. The van der Waals surface area contributed by atoms with E-state index in [9.17, 15) is 10.2 Å². The number of benzene rings is 1. The molecule has 4 rings (SSSR count). The maximum absolute atomic E-state index is 10.2. The van der Waals surface area contributed by atoms with Gasteiger partial charge in [0.1, 0.15) is 11.5 Å². The number of halogens is 1. The molecule has 0 aliphatic heterocycles. The van der Waals surface area contributed by atoms with Crippen molar-refractivity contribution in [2.75, 3.05) is 0 Å². The molecule has 5 nitrogen and oxygen atoms in total. The predicted octanol–water partition coefficient (Wildman–Crippen LogP) is 4.84. The lowest BCUT2D eigenvalue weighted by molar-refractivity contribution is 0.435. The summed E-state index contributed by atoms with van der Waals surface area (Å²) in [7, 11) is 0. The van der Waals surface area contributed by atoms with E-state index in [0.717, 1.165) is 4.80 Å². The number of nitrogens with zero attached hydrogens (tertiary/aromatic N) is 3. The van der Waals surface area contributed by atoms with Crippen molar-refractivity contribution in [3.05, 3.63) is 39.1 Å². The second-order valence-electron chi connectivity index (χ2n) is 7.34. The quantitative estimate of drug-likeness (QED) is 0.652.